The molecule has 0 saturated carbocycles. The van der Waals surface area contributed by atoms with E-state index in [4.69, 9.17) is 18.9 Å². The van der Waals surface area contributed by atoms with Gasteiger partial charge in [-0.3, -0.25) is 9.59 Å². The summed E-state index contributed by atoms with van der Waals surface area (Å²) in [6.45, 7) is 2.94. The van der Waals surface area contributed by atoms with Crippen molar-refractivity contribution in [2.24, 2.45) is 5.92 Å². The van der Waals surface area contributed by atoms with Gasteiger partial charge in [-0.15, -0.1) is 0 Å². The maximum Gasteiger partial charge on any atom is 0.364 e. The molecule has 2 saturated heterocycles. The largest absolute Gasteiger partial charge is 0.477 e. The van der Waals surface area contributed by atoms with E-state index in [-0.39, 0.29) is 12.8 Å². The Morgan fingerprint density at radius 2 is 1.09 bits per heavy atom. The minimum atomic E-state index is -2.89. The van der Waals surface area contributed by atoms with Crippen molar-refractivity contribution in [3.8, 4) is 0 Å². The van der Waals surface area contributed by atoms with Crippen molar-refractivity contribution in [3.05, 3.63) is 0 Å². The average molecular weight is 1140 g/mol. The Bertz CT molecular complexity index is 1570. The van der Waals surface area contributed by atoms with Crippen LogP contribution in [-0.4, -0.2) is 197 Å². The summed E-state index contributed by atoms with van der Waals surface area (Å²) in [5.41, 5.74) is 0. The van der Waals surface area contributed by atoms with Gasteiger partial charge in [0.25, 0.3) is 5.79 Å². The molecule has 0 bridgehead atoms. The molecule has 2 fully saturated rings. The molecule has 2 aliphatic heterocycles. The number of carbonyl (C=O) groups is 3. The molecule has 15 atom stereocenters. The van der Waals surface area contributed by atoms with Crippen molar-refractivity contribution in [1.82, 2.24) is 10.6 Å². The van der Waals surface area contributed by atoms with Gasteiger partial charge in [-0.25, -0.2) is 4.79 Å². The number of aliphatic hydroxyl groups excluding tert-OH is 11. The quantitative estimate of drug-likeness (QED) is 0.0378. The van der Waals surface area contributed by atoms with Crippen molar-refractivity contribution in [1.29, 1.82) is 0 Å². The van der Waals surface area contributed by atoms with E-state index in [0.29, 0.717) is 18.8 Å². The zero-order valence-electron chi connectivity index (χ0n) is 48.3. The monoisotopic (exact) mass is 1140 g/mol. The molecule has 0 radical (unpaired) electrons. The Kier molecular flexibility index (Phi) is 39.3. The molecule has 2 aliphatic rings. The van der Waals surface area contributed by atoms with Crippen LogP contribution in [0.1, 0.15) is 226 Å². The number of carbonyl (C=O) groups excluding carboxylic acids is 2. The molecule has 466 valence electrons. The highest BCUT2D eigenvalue weighted by Crippen LogP contribution is 2.35. The van der Waals surface area contributed by atoms with Crippen LogP contribution < -0.4 is 10.6 Å². The minimum absolute atomic E-state index is 0.142. The lowest BCUT2D eigenvalue weighted by Gasteiger charge is -2.47. The molecule has 0 aromatic heterocycles. The van der Waals surface area contributed by atoms with Crippen LogP contribution in [0.15, 0.2) is 0 Å². The van der Waals surface area contributed by atoms with E-state index in [2.05, 4.69) is 31.4 Å². The van der Waals surface area contributed by atoms with E-state index >= 15 is 0 Å². The van der Waals surface area contributed by atoms with Gasteiger partial charge in [0.05, 0.1) is 44.1 Å². The number of amides is 2. The maximum atomic E-state index is 13.5. The van der Waals surface area contributed by atoms with Gasteiger partial charge in [0.2, 0.25) is 11.8 Å². The number of carboxylic acid groups (broad SMARTS) is 1. The van der Waals surface area contributed by atoms with E-state index in [9.17, 15) is 75.7 Å². The summed E-state index contributed by atoms with van der Waals surface area (Å²) in [4.78, 5) is 38.3. The van der Waals surface area contributed by atoms with E-state index < -0.39 is 142 Å². The summed E-state index contributed by atoms with van der Waals surface area (Å²) in [7, 11) is 0. The Morgan fingerprint density at radius 3 is 1.54 bits per heavy atom. The van der Waals surface area contributed by atoms with E-state index in [0.717, 1.165) is 57.8 Å². The smallest absolute Gasteiger partial charge is 0.364 e. The predicted octanol–water partition coefficient (Wildman–Crippen LogP) is 4.29. The van der Waals surface area contributed by atoms with Crippen molar-refractivity contribution in [2.45, 2.75) is 318 Å². The fourth-order valence-corrected chi connectivity index (χ4v) is 10.5. The first kappa shape index (κ1) is 72.9. The molecular weight excluding hydrogens is 1030 g/mol. The maximum absolute atomic E-state index is 13.5. The Balaban J connectivity index is 2.01. The van der Waals surface area contributed by atoms with Crippen LogP contribution in [0.2, 0.25) is 0 Å². The van der Waals surface area contributed by atoms with Gasteiger partial charge in [0.15, 0.2) is 6.29 Å². The number of hydrogen-bond donors (Lipinski definition) is 14. The van der Waals surface area contributed by atoms with Crippen molar-refractivity contribution in [2.75, 3.05) is 26.4 Å². The molecule has 14 N–H and O–H groups in total. The zero-order chi connectivity index (χ0) is 58.6. The van der Waals surface area contributed by atoms with Crippen molar-refractivity contribution >= 4 is 17.8 Å². The molecule has 79 heavy (non-hydrogen) atoms. The summed E-state index contributed by atoms with van der Waals surface area (Å²) < 4.78 is 22.7. The lowest BCUT2D eigenvalue weighted by molar-refractivity contribution is -0.339. The van der Waals surface area contributed by atoms with Gasteiger partial charge in [0.1, 0.15) is 61.5 Å². The van der Waals surface area contributed by atoms with Gasteiger partial charge in [-0.1, -0.05) is 207 Å². The van der Waals surface area contributed by atoms with Gasteiger partial charge in [-0.2, -0.15) is 0 Å². The van der Waals surface area contributed by atoms with Crippen LogP contribution in [0.4, 0.5) is 0 Å². The molecule has 0 aromatic rings. The third kappa shape index (κ3) is 28.8. The van der Waals surface area contributed by atoms with E-state index in [1.807, 2.05) is 0 Å². The van der Waals surface area contributed by atoms with Gasteiger partial charge >= 0.3 is 5.97 Å². The van der Waals surface area contributed by atoms with Gasteiger partial charge in [0, 0.05) is 6.42 Å². The molecule has 0 aliphatic carbocycles. The summed E-state index contributed by atoms with van der Waals surface area (Å²) in [5.74, 6) is -5.99. The number of hydrogen-bond acceptors (Lipinski definition) is 18. The Hall–Kier alpha value is -2.19. The average Bonchev–Trinajstić information content (AvgIpc) is 3.49. The Labute approximate surface area is 471 Å². The predicted molar refractivity (Wildman–Crippen MR) is 296 cm³/mol. The SMILES string of the molecule is CCCCCCCCCCCCCCCCCCCCCC[C@@H](O)C(=O)N[C@@H](CO[C@@H]1O[C@H](CO[C@]2(C(=O)O)C[C@H](O)[C@@H](NC(=O)CO)[C@H]([C@H](O)[C@H](O)CO)O2)[C@@H](O)[C@H](O)[C@H]1O)[C@H](O)[C@H](O)CCCCCCCCCCC(C)C. The normalized spacial score (nSPS) is 25.9. The number of aliphatic carboxylic acids is 1. The molecule has 0 unspecified atom stereocenters. The summed E-state index contributed by atoms with van der Waals surface area (Å²) in [6, 6.07) is -3.03. The van der Waals surface area contributed by atoms with Crippen molar-refractivity contribution < 1.29 is 94.6 Å². The van der Waals surface area contributed by atoms with Crippen LogP contribution in [0.25, 0.3) is 0 Å². The molecule has 0 aromatic carbocycles. The van der Waals surface area contributed by atoms with Crippen molar-refractivity contribution in [3.63, 3.8) is 0 Å². The van der Waals surface area contributed by atoms with E-state index in [1.54, 1.807) is 0 Å². The van der Waals surface area contributed by atoms with Crippen LogP contribution in [0.3, 0.4) is 0 Å². The first-order chi connectivity index (χ1) is 37.8. The van der Waals surface area contributed by atoms with Crippen LogP contribution in [0, 0.1) is 5.92 Å². The highest BCUT2D eigenvalue weighted by atomic mass is 16.7. The van der Waals surface area contributed by atoms with Gasteiger partial charge in [-0.05, 0) is 18.8 Å². The molecule has 2 rings (SSSR count). The number of unbranched alkanes of at least 4 members (excludes halogenated alkanes) is 26. The second-order valence-corrected chi connectivity index (χ2v) is 23.1. The summed E-state index contributed by atoms with van der Waals surface area (Å²) in [5, 5.41) is 132. The standard InChI is InChI=1S/C58H110N2O19/c1-4-5-6-7-8-9-10-11-12-13-14-15-16-17-18-19-20-25-28-31-34-43(64)55(73)59-41(49(68)42(63)33-30-27-24-22-21-23-26-29-32-40(2)3)38-76-56-53(72)52(71)51(70)46(78-56)39-77-58(57(74)75)35-44(65)48(60-47(67)37-62)54(79-58)50(69)45(66)36-61/h40-46,48-54,56,61-66,68-72H,4-39H2,1-3H3,(H,59,73)(H,60,67)(H,74,75)/t41-,42+,43+,44-,45+,46+,48+,49-,50+,51+,52-,53+,54+,56+,58+/m0/s1. The number of aliphatic hydroxyl groups is 11. The topological polar surface area (TPSA) is 355 Å². The minimum Gasteiger partial charge on any atom is -0.477 e. The molecule has 0 spiro atoms. The second kappa shape index (κ2) is 42.6. The lowest BCUT2D eigenvalue weighted by Crippen LogP contribution is -2.68. The summed E-state index contributed by atoms with van der Waals surface area (Å²) in [6.07, 6.45) is 11.0. The third-order valence-electron chi connectivity index (χ3n) is 15.7. The van der Waals surface area contributed by atoms with Crippen LogP contribution in [-0.2, 0) is 33.3 Å². The fraction of sp³-hybridized carbons (Fsp3) is 0.948. The number of rotatable bonds is 48. The molecule has 21 heteroatoms. The van der Waals surface area contributed by atoms with Crippen LogP contribution >= 0.6 is 0 Å². The first-order valence-electron chi connectivity index (χ1n) is 30.6. The second-order valence-electron chi connectivity index (χ2n) is 23.1. The number of ether oxygens (including phenoxy) is 4. The zero-order valence-corrected chi connectivity index (χ0v) is 48.3. The Morgan fingerprint density at radius 1 is 0.620 bits per heavy atom. The third-order valence-corrected chi connectivity index (χ3v) is 15.7. The number of nitrogens with one attached hydrogen (secondary N) is 2. The highest BCUT2D eigenvalue weighted by Gasteiger charge is 2.57. The molecule has 21 nitrogen and oxygen atoms in total. The fourth-order valence-electron chi connectivity index (χ4n) is 10.5. The molecular formula is C58H110N2O19. The number of carboxylic acids is 1. The van der Waals surface area contributed by atoms with E-state index in [1.165, 1.54) is 116 Å². The molecule has 2 amide bonds. The molecule has 2 heterocycles. The highest BCUT2D eigenvalue weighted by molar-refractivity contribution is 5.80. The van der Waals surface area contributed by atoms with Gasteiger partial charge < -0.3 is 90.9 Å². The lowest BCUT2D eigenvalue weighted by atomic mass is 9.88. The first-order valence-corrected chi connectivity index (χ1v) is 30.6. The summed E-state index contributed by atoms with van der Waals surface area (Å²) >= 11 is 0. The van der Waals surface area contributed by atoms with Crippen LogP contribution in [0.5, 0.6) is 0 Å².